The second-order valence-corrected chi connectivity index (χ2v) is 4.23. The van der Waals surface area contributed by atoms with Crippen molar-refractivity contribution in [2.45, 2.75) is 25.8 Å². The highest BCUT2D eigenvalue weighted by Crippen LogP contribution is 2.15. The molecule has 14 heavy (non-hydrogen) atoms. The maximum Gasteiger partial charge on any atom is 0.0782 e. The summed E-state index contributed by atoms with van der Waals surface area (Å²) in [4.78, 5) is 3.47. The Hall–Kier alpha value is -0.890. The van der Waals surface area contributed by atoms with Crippen LogP contribution in [0.4, 0.5) is 0 Å². The summed E-state index contributed by atoms with van der Waals surface area (Å²) in [5.74, 6) is 0. The molecule has 1 nitrogen and oxygen atoms in total. The fourth-order valence-corrected chi connectivity index (χ4v) is 2.13. The van der Waals surface area contributed by atoms with Gasteiger partial charge in [0.15, 0.2) is 0 Å². The number of piperidine rings is 1. The Balaban J connectivity index is 2.00. The number of benzene rings is 1. The van der Waals surface area contributed by atoms with E-state index in [2.05, 4.69) is 35.2 Å². The molecule has 0 N–H and O–H groups in total. The molecule has 0 atom stereocenters. The normalized spacial score (nSPS) is 17.1. The third-order valence-corrected chi connectivity index (χ3v) is 3.10. The van der Waals surface area contributed by atoms with Crippen LogP contribution in [-0.4, -0.2) is 16.4 Å². The number of likely N-dealkylation sites (tertiary alicyclic amines) is 1. The van der Waals surface area contributed by atoms with Gasteiger partial charge < -0.3 is 4.90 Å². The van der Waals surface area contributed by atoms with Crippen molar-refractivity contribution in [1.29, 1.82) is 0 Å². The Bertz CT molecular complexity index is 307. The SMILES string of the molecule is S=C1CCCCN1Cc1ccccc1. The Morgan fingerprint density at radius 3 is 2.64 bits per heavy atom. The lowest BCUT2D eigenvalue weighted by Crippen LogP contribution is -2.33. The molecule has 1 saturated heterocycles. The zero-order valence-corrected chi connectivity index (χ0v) is 9.09. The van der Waals surface area contributed by atoms with Crippen molar-refractivity contribution in [1.82, 2.24) is 4.90 Å². The lowest BCUT2D eigenvalue weighted by Gasteiger charge is -2.29. The molecule has 0 radical (unpaired) electrons. The molecular formula is C12H15NS. The van der Waals surface area contributed by atoms with Gasteiger partial charge in [-0.1, -0.05) is 42.5 Å². The molecule has 0 saturated carbocycles. The minimum atomic E-state index is 0.986. The van der Waals surface area contributed by atoms with E-state index in [4.69, 9.17) is 12.2 Å². The van der Waals surface area contributed by atoms with Gasteiger partial charge in [0.1, 0.15) is 0 Å². The van der Waals surface area contributed by atoms with Crippen LogP contribution in [-0.2, 0) is 6.54 Å². The summed E-state index contributed by atoms with van der Waals surface area (Å²) in [6, 6.07) is 10.6. The van der Waals surface area contributed by atoms with E-state index in [0.717, 1.165) is 24.5 Å². The van der Waals surface area contributed by atoms with Crippen LogP contribution in [0.3, 0.4) is 0 Å². The first kappa shape index (κ1) is 9.66. The fourth-order valence-electron chi connectivity index (χ4n) is 1.83. The van der Waals surface area contributed by atoms with Crippen molar-refractivity contribution in [2.24, 2.45) is 0 Å². The Morgan fingerprint density at radius 2 is 1.93 bits per heavy atom. The van der Waals surface area contributed by atoms with Crippen LogP contribution in [0.15, 0.2) is 30.3 Å². The molecule has 0 aromatic heterocycles. The first-order valence-corrected chi connectivity index (χ1v) is 5.59. The van der Waals surface area contributed by atoms with Crippen LogP contribution in [0.2, 0.25) is 0 Å². The Kier molecular flexibility index (Phi) is 3.14. The smallest absolute Gasteiger partial charge is 0.0782 e. The number of hydrogen-bond acceptors (Lipinski definition) is 1. The molecule has 0 spiro atoms. The second-order valence-electron chi connectivity index (χ2n) is 3.76. The van der Waals surface area contributed by atoms with Crippen LogP contribution in [0.5, 0.6) is 0 Å². The van der Waals surface area contributed by atoms with Crippen molar-refractivity contribution in [3.05, 3.63) is 35.9 Å². The standard InChI is InChI=1S/C12H15NS/c14-12-8-4-5-9-13(12)10-11-6-2-1-3-7-11/h1-3,6-7H,4-5,8-10H2. The van der Waals surface area contributed by atoms with Crippen molar-refractivity contribution < 1.29 is 0 Å². The van der Waals surface area contributed by atoms with Crippen molar-refractivity contribution >= 4 is 17.2 Å². The highest BCUT2D eigenvalue weighted by atomic mass is 32.1. The van der Waals surface area contributed by atoms with E-state index in [1.54, 1.807) is 0 Å². The van der Waals surface area contributed by atoms with E-state index >= 15 is 0 Å². The third-order valence-electron chi connectivity index (χ3n) is 2.64. The third kappa shape index (κ3) is 2.32. The molecule has 1 aliphatic rings. The zero-order chi connectivity index (χ0) is 9.80. The molecule has 1 aromatic rings. The van der Waals surface area contributed by atoms with Crippen molar-refractivity contribution in [2.75, 3.05) is 6.54 Å². The van der Waals surface area contributed by atoms with E-state index in [1.165, 1.54) is 18.4 Å². The quantitative estimate of drug-likeness (QED) is 0.683. The summed E-state index contributed by atoms with van der Waals surface area (Å²) in [5.41, 5.74) is 1.36. The molecule has 0 unspecified atom stereocenters. The lowest BCUT2D eigenvalue weighted by molar-refractivity contribution is 0.372. The number of thiocarbonyl (C=S) groups is 1. The van der Waals surface area contributed by atoms with Gasteiger partial charge in [-0.2, -0.15) is 0 Å². The van der Waals surface area contributed by atoms with Gasteiger partial charge in [0, 0.05) is 13.1 Å². The van der Waals surface area contributed by atoms with Gasteiger partial charge in [-0.25, -0.2) is 0 Å². The van der Waals surface area contributed by atoms with E-state index in [9.17, 15) is 0 Å². The van der Waals surface area contributed by atoms with E-state index in [-0.39, 0.29) is 0 Å². The molecule has 0 bridgehead atoms. The Labute approximate surface area is 90.7 Å². The van der Waals surface area contributed by atoms with Crippen molar-refractivity contribution in [3.63, 3.8) is 0 Å². The number of rotatable bonds is 2. The minimum absolute atomic E-state index is 0.986. The van der Waals surface area contributed by atoms with Gasteiger partial charge in [-0.3, -0.25) is 0 Å². The molecule has 0 amide bonds. The highest BCUT2D eigenvalue weighted by molar-refractivity contribution is 7.80. The summed E-state index contributed by atoms with van der Waals surface area (Å²) in [7, 11) is 0. The maximum atomic E-state index is 5.35. The molecule has 2 rings (SSSR count). The molecular weight excluding hydrogens is 190 g/mol. The number of hydrogen-bond donors (Lipinski definition) is 0. The highest BCUT2D eigenvalue weighted by Gasteiger charge is 2.14. The van der Waals surface area contributed by atoms with Crippen LogP contribution >= 0.6 is 12.2 Å². The van der Waals surface area contributed by atoms with Gasteiger partial charge in [0.25, 0.3) is 0 Å². The predicted octanol–water partition coefficient (Wildman–Crippen LogP) is 3.00. The molecule has 1 aromatic carbocycles. The van der Waals surface area contributed by atoms with Crippen LogP contribution in [0.25, 0.3) is 0 Å². The molecule has 2 heteroatoms. The zero-order valence-electron chi connectivity index (χ0n) is 8.28. The van der Waals surface area contributed by atoms with Gasteiger partial charge in [-0.15, -0.1) is 0 Å². The summed E-state index contributed by atoms with van der Waals surface area (Å²) < 4.78 is 0. The summed E-state index contributed by atoms with van der Waals surface area (Å²) in [5, 5.41) is 0. The summed E-state index contributed by atoms with van der Waals surface area (Å²) in [6.45, 7) is 2.12. The second kappa shape index (κ2) is 4.56. The minimum Gasteiger partial charge on any atom is -0.362 e. The first-order valence-electron chi connectivity index (χ1n) is 5.18. The average Bonchev–Trinajstić information content (AvgIpc) is 2.23. The summed E-state index contributed by atoms with van der Waals surface area (Å²) in [6.07, 6.45) is 3.65. The Morgan fingerprint density at radius 1 is 1.14 bits per heavy atom. The molecule has 1 aliphatic heterocycles. The van der Waals surface area contributed by atoms with Gasteiger partial charge in [-0.05, 0) is 24.8 Å². The molecule has 1 heterocycles. The lowest BCUT2D eigenvalue weighted by atomic mass is 10.1. The predicted molar refractivity (Wildman–Crippen MR) is 63.3 cm³/mol. The average molecular weight is 205 g/mol. The topological polar surface area (TPSA) is 3.24 Å². The fraction of sp³-hybridized carbons (Fsp3) is 0.417. The molecule has 1 fully saturated rings. The summed E-state index contributed by atoms with van der Waals surface area (Å²) >= 11 is 5.35. The van der Waals surface area contributed by atoms with Gasteiger partial charge in [0.2, 0.25) is 0 Å². The van der Waals surface area contributed by atoms with Crippen molar-refractivity contribution in [3.8, 4) is 0 Å². The van der Waals surface area contributed by atoms with Crippen LogP contribution < -0.4 is 0 Å². The molecule has 0 aliphatic carbocycles. The van der Waals surface area contributed by atoms with E-state index < -0.39 is 0 Å². The maximum absolute atomic E-state index is 5.35. The monoisotopic (exact) mass is 205 g/mol. The van der Waals surface area contributed by atoms with E-state index in [1.807, 2.05) is 0 Å². The largest absolute Gasteiger partial charge is 0.362 e. The first-order chi connectivity index (χ1) is 6.86. The van der Waals surface area contributed by atoms with E-state index in [0.29, 0.717) is 0 Å². The van der Waals surface area contributed by atoms with Crippen LogP contribution in [0.1, 0.15) is 24.8 Å². The number of nitrogens with zero attached hydrogens (tertiary/aromatic N) is 1. The van der Waals surface area contributed by atoms with Crippen LogP contribution in [0, 0.1) is 0 Å². The van der Waals surface area contributed by atoms with Gasteiger partial charge in [0.05, 0.1) is 4.99 Å². The molecule has 74 valence electrons. The van der Waals surface area contributed by atoms with Gasteiger partial charge >= 0.3 is 0 Å².